The van der Waals surface area contributed by atoms with Crippen molar-refractivity contribution in [3.05, 3.63) is 87.4 Å². The smallest absolute Gasteiger partial charge is 0.382 e. The Morgan fingerprint density at radius 3 is 2.24 bits per heavy atom. The van der Waals surface area contributed by atoms with Gasteiger partial charge in [0.2, 0.25) is 0 Å². The zero-order valence-electron chi connectivity index (χ0n) is 16.7. The van der Waals surface area contributed by atoms with Crippen LogP contribution in [0.4, 0.5) is 13.2 Å². The highest BCUT2D eigenvalue weighted by Gasteiger charge is 2.36. The number of rotatable bonds is 4. The summed E-state index contributed by atoms with van der Waals surface area (Å²) in [6, 6.07) is 9.15. The van der Waals surface area contributed by atoms with Gasteiger partial charge >= 0.3 is 6.18 Å². The molecule has 1 N–H and O–H groups in total. The summed E-state index contributed by atoms with van der Waals surface area (Å²) in [7, 11) is -4.49. The molecule has 3 aromatic heterocycles. The Hall–Kier alpha value is -2.66. The first-order chi connectivity index (χ1) is 15.4. The van der Waals surface area contributed by atoms with E-state index in [-0.39, 0.29) is 37.1 Å². The SMILES string of the molecule is Cc1cc(C(F)(F)F)nc2c1cc(C(O)c1c(Cl)cncc1Cl)n2S(=O)(=O)c1ccccc1. The molecule has 1 aromatic carbocycles. The monoisotopic (exact) mass is 515 g/mol. The highest BCUT2D eigenvalue weighted by atomic mass is 35.5. The van der Waals surface area contributed by atoms with Gasteiger partial charge in [-0.1, -0.05) is 41.4 Å². The lowest BCUT2D eigenvalue weighted by Gasteiger charge is -2.18. The Bertz CT molecular complexity index is 1450. The molecule has 4 aromatic rings. The molecule has 0 saturated carbocycles. The van der Waals surface area contributed by atoms with Crippen LogP contribution in [0.1, 0.15) is 28.6 Å². The van der Waals surface area contributed by atoms with E-state index >= 15 is 0 Å². The first kappa shape index (κ1) is 23.5. The van der Waals surface area contributed by atoms with Crippen molar-refractivity contribution in [2.24, 2.45) is 0 Å². The summed E-state index contributed by atoms with van der Waals surface area (Å²) in [6.07, 6.45) is -4.12. The molecule has 4 rings (SSSR count). The molecule has 0 aliphatic rings. The summed E-state index contributed by atoms with van der Waals surface area (Å²) in [6.45, 7) is 1.39. The molecule has 0 amide bonds. The second kappa shape index (κ2) is 8.28. The van der Waals surface area contributed by atoms with E-state index in [1.54, 1.807) is 6.07 Å². The van der Waals surface area contributed by atoms with Crippen molar-refractivity contribution in [3.8, 4) is 0 Å². The average molecular weight is 516 g/mol. The van der Waals surface area contributed by atoms with Gasteiger partial charge < -0.3 is 5.11 Å². The second-order valence-corrected chi connectivity index (χ2v) is 9.73. The fourth-order valence-electron chi connectivity index (χ4n) is 3.44. The van der Waals surface area contributed by atoms with E-state index in [2.05, 4.69) is 9.97 Å². The van der Waals surface area contributed by atoms with Gasteiger partial charge in [0, 0.05) is 23.3 Å². The van der Waals surface area contributed by atoms with E-state index in [0.717, 1.165) is 6.07 Å². The average Bonchev–Trinajstić information content (AvgIpc) is 3.14. The van der Waals surface area contributed by atoms with Gasteiger partial charge in [0.15, 0.2) is 5.65 Å². The fourth-order valence-corrected chi connectivity index (χ4v) is 5.52. The number of hydrogen-bond acceptors (Lipinski definition) is 5. The number of halogens is 5. The first-order valence-corrected chi connectivity index (χ1v) is 11.5. The predicted octanol–water partition coefficient (Wildman–Crippen LogP) is 5.38. The van der Waals surface area contributed by atoms with Crippen molar-refractivity contribution >= 4 is 44.3 Å². The normalized spacial score (nSPS) is 13.4. The Balaban J connectivity index is 2.11. The lowest BCUT2D eigenvalue weighted by molar-refractivity contribution is -0.141. The zero-order valence-corrected chi connectivity index (χ0v) is 19.0. The van der Waals surface area contributed by atoms with E-state index in [0.29, 0.717) is 3.97 Å². The van der Waals surface area contributed by atoms with Gasteiger partial charge in [-0.05, 0) is 36.8 Å². The van der Waals surface area contributed by atoms with Crippen LogP contribution in [0.15, 0.2) is 59.8 Å². The molecule has 0 radical (unpaired) electrons. The third kappa shape index (κ3) is 4.08. The Morgan fingerprint density at radius 1 is 1.06 bits per heavy atom. The van der Waals surface area contributed by atoms with Gasteiger partial charge in [-0.25, -0.2) is 17.4 Å². The molecule has 0 saturated heterocycles. The van der Waals surface area contributed by atoms with Gasteiger partial charge in [-0.2, -0.15) is 13.2 Å². The standard InChI is InChI=1S/C21H14Cl2F3N3O3S/c1-11-7-17(21(24,25)26)28-20-13(11)8-16(19(30)18-14(22)9-27-10-15(18)23)29(20)33(31,32)12-5-3-2-4-6-12/h2-10,19,30H,1H3. The zero-order chi connectivity index (χ0) is 24.1. The maximum Gasteiger partial charge on any atom is 0.433 e. The lowest BCUT2D eigenvalue weighted by Crippen LogP contribution is -2.20. The van der Waals surface area contributed by atoms with Crippen LogP contribution in [0.2, 0.25) is 10.0 Å². The van der Waals surface area contributed by atoms with Crippen molar-refractivity contribution in [3.63, 3.8) is 0 Å². The van der Waals surface area contributed by atoms with Crippen LogP contribution < -0.4 is 0 Å². The maximum atomic E-state index is 13.6. The quantitative estimate of drug-likeness (QED) is 0.394. The minimum absolute atomic E-state index is 0.0469. The number of hydrogen-bond donors (Lipinski definition) is 1. The number of nitrogens with zero attached hydrogens (tertiary/aromatic N) is 3. The largest absolute Gasteiger partial charge is 0.433 e. The molecular weight excluding hydrogens is 502 g/mol. The van der Waals surface area contributed by atoms with Gasteiger partial charge in [-0.15, -0.1) is 0 Å². The molecule has 0 spiro atoms. The van der Waals surface area contributed by atoms with Gasteiger partial charge in [0.1, 0.15) is 11.8 Å². The molecule has 0 bridgehead atoms. The summed E-state index contributed by atoms with van der Waals surface area (Å²) in [5.41, 5.74) is -1.96. The molecule has 0 fully saturated rings. The van der Waals surface area contributed by atoms with E-state index in [1.165, 1.54) is 49.6 Å². The van der Waals surface area contributed by atoms with E-state index in [1.807, 2.05) is 0 Å². The number of alkyl halides is 3. The highest BCUT2D eigenvalue weighted by molar-refractivity contribution is 7.90. The number of aryl methyl sites for hydroxylation is 1. The summed E-state index contributed by atoms with van der Waals surface area (Å²) in [5.74, 6) is 0. The van der Waals surface area contributed by atoms with Crippen LogP contribution in [0.5, 0.6) is 0 Å². The summed E-state index contributed by atoms with van der Waals surface area (Å²) >= 11 is 12.3. The Kier molecular flexibility index (Phi) is 5.90. The van der Waals surface area contributed by atoms with Crippen molar-refractivity contribution in [1.29, 1.82) is 0 Å². The van der Waals surface area contributed by atoms with Gasteiger partial charge in [0.05, 0.1) is 20.6 Å². The van der Waals surface area contributed by atoms with E-state index in [4.69, 9.17) is 23.2 Å². The second-order valence-electron chi connectivity index (χ2n) is 7.13. The molecule has 6 nitrogen and oxygen atoms in total. The van der Waals surface area contributed by atoms with E-state index in [9.17, 15) is 26.7 Å². The molecule has 1 atom stereocenters. The predicted molar refractivity (Wildman–Crippen MR) is 117 cm³/mol. The molecular formula is C21H14Cl2F3N3O3S. The summed E-state index contributed by atoms with van der Waals surface area (Å²) in [5, 5.41) is 11.1. The van der Waals surface area contributed by atoms with Crippen LogP contribution in [0.3, 0.4) is 0 Å². The number of aliphatic hydroxyl groups is 1. The lowest BCUT2D eigenvalue weighted by atomic mass is 10.1. The molecule has 0 aliphatic heterocycles. The molecule has 0 aliphatic carbocycles. The molecule has 1 unspecified atom stereocenters. The number of fused-ring (bicyclic) bond motifs is 1. The van der Waals surface area contributed by atoms with Crippen LogP contribution >= 0.6 is 23.2 Å². The molecule has 33 heavy (non-hydrogen) atoms. The Morgan fingerprint density at radius 2 is 1.67 bits per heavy atom. The van der Waals surface area contributed by atoms with Crippen molar-refractivity contribution in [1.82, 2.24) is 13.9 Å². The topological polar surface area (TPSA) is 85.1 Å². The van der Waals surface area contributed by atoms with Gasteiger partial charge in [0.25, 0.3) is 10.0 Å². The molecule has 12 heteroatoms. The summed E-state index contributed by atoms with van der Waals surface area (Å²) < 4.78 is 68.1. The van der Waals surface area contributed by atoms with Crippen LogP contribution in [-0.4, -0.2) is 27.5 Å². The van der Waals surface area contributed by atoms with Crippen molar-refractivity contribution in [2.75, 3.05) is 0 Å². The third-order valence-corrected chi connectivity index (χ3v) is 7.31. The fraction of sp³-hybridized carbons (Fsp3) is 0.143. The number of pyridine rings is 2. The van der Waals surface area contributed by atoms with Gasteiger partial charge in [-0.3, -0.25) is 4.98 Å². The number of aromatic nitrogens is 3. The van der Waals surface area contributed by atoms with Crippen LogP contribution in [0.25, 0.3) is 11.0 Å². The Labute approximate surface area is 196 Å². The maximum absolute atomic E-state index is 13.6. The summed E-state index contributed by atoms with van der Waals surface area (Å²) in [4.78, 5) is 7.20. The van der Waals surface area contributed by atoms with E-state index < -0.39 is 33.6 Å². The van der Waals surface area contributed by atoms with Crippen molar-refractivity contribution < 1.29 is 26.7 Å². The number of aliphatic hydroxyl groups excluding tert-OH is 1. The van der Waals surface area contributed by atoms with Crippen LogP contribution in [0, 0.1) is 6.92 Å². The molecule has 3 heterocycles. The van der Waals surface area contributed by atoms with Crippen molar-refractivity contribution in [2.45, 2.75) is 24.1 Å². The minimum atomic E-state index is -4.82. The van der Waals surface area contributed by atoms with Crippen LogP contribution in [-0.2, 0) is 16.2 Å². The molecule has 172 valence electrons. The third-order valence-electron chi connectivity index (χ3n) is 4.98. The highest BCUT2D eigenvalue weighted by Crippen LogP contribution is 2.39. The minimum Gasteiger partial charge on any atom is -0.382 e. The number of benzene rings is 1. The first-order valence-electron chi connectivity index (χ1n) is 9.30.